The largest absolute Gasteiger partial charge is 0.459 e. The van der Waals surface area contributed by atoms with Crippen molar-refractivity contribution in [3.8, 4) is 11.3 Å². The van der Waals surface area contributed by atoms with E-state index in [4.69, 9.17) is 24.7 Å². The number of rotatable bonds is 15. The number of likely N-dealkylation sites (N-methyl/N-ethyl adjacent to an activating group) is 1. The van der Waals surface area contributed by atoms with E-state index in [1.165, 1.54) is 0 Å². The second-order valence-electron chi connectivity index (χ2n) is 19.1. The van der Waals surface area contributed by atoms with Gasteiger partial charge in [-0.3, -0.25) is 19.1 Å². The van der Waals surface area contributed by atoms with Gasteiger partial charge in [0.15, 0.2) is 12.1 Å². The Hall–Kier alpha value is -4.29. The number of carbonyl (C=O) groups excluding carboxylic acids is 3. The summed E-state index contributed by atoms with van der Waals surface area (Å²) in [6, 6.07) is 15.1. The summed E-state index contributed by atoms with van der Waals surface area (Å²) in [5.41, 5.74) is 6.03. The van der Waals surface area contributed by atoms with Crippen LogP contribution < -0.4 is 11.1 Å². The predicted molar refractivity (Wildman–Crippen MR) is 248 cm³/mol. The molecule has 65 heavy (non-hydrogen) atoms. The molecule has 5 N–H and O–H groups in total. The number of unbranched alkanes of at least 4 members (excludes halogenated alkanes) is 1. The summed E-state index contributed by atoms with van der Waals surface area (Å²) in [6.07, 6.45) is 0.584. The van der Waals surface area contributed by atoms with Gasteiger partial charge >= 0.3 is 5.97 Å². The van der Waals surface area contributed by atoms with Crippen molar-refractivity contribution in [2.24, 2.45) is 17.8 Å². The topological polar surface area (TPSA) is 204 Å². The first-order chi connectivity index (χ1) is 30.8. The number of nitrogens with one attached hydrogen (secondary N) is 1. The van der Waals surface area contributed by atoms with E-state index >= 15 is 4.79 Å². The quantitative estimate of drug-likeness (QED) is 0.0546. The van der Waals surface area contributed by atoms with Gasteiger partial charge in [0.2, 0.25) is 6.41 Å². The molecule has 3 heterocycles. The van der Waals surface area contributed by atoms with E-state index in [2.05, 4.69) is 22.6 Å². The maximum Gasteiger partial charge on any atom is 0.317 e. The van der Waals surface area contributed by atoms with Crippen LogP contribution in [-0.4, -0.2) is 147 Å². The molecular formula is C49H75N7O9. The molecule has 2 aromatic carbocycles. The summed E-state index contributed by atoms with van der Waals surface area (Å²) < 4.78 is 27.4. The molecule has 1 aromatic heterocycles. The van der Waals surface area contributed by atoms with Crippen LogP contribution in [0.4, 0.5) is 5.69 Å². The van der Waals surface area contributed by atoms with Crippen LogP contribution in [0.2, 0.25) is 0 Å². The van der Waals surface area contributed by atoms with E-state index in [0.29, 0.717) is 56.7 Å². The number of hydrogen-bond donors (Lipinski definition) is 4. The van der Waals surface area contributed by atoms with Gasteiger partial charge < -0.3 is 50.0 Å². The number of ether oxygens (including phenoxy) is 4. The lowest BCUT2D eigenvalue weighted by Crippen LogP contribution is -2.65. The third kappa shape index (κ3) is 12.8. The molecule has 5 rings (SSSR count). The van der Waals surface area contributed by atoms with Gasteiger partial charge in [0.05, 0.1) is 30.0 Å². The van der Waals surface area contributed by atoms with Crippen molar-refractivity contribution < 1.29 is 43.5 Å². The van der Waals surface area contributed by atoms with Crippen molar-refractivity contribution in [1.29, 1.82) is 0 Å². The lowest BCUT2D eigenvalue weighted by atomic mass is 9.77. The molecule has 1 amide bonds. The molecule has 0 radical (unpaired) electrons. The Morgan fingerprint density at radius 1 is 1.06 bits per heavy atom. The lowest BCUT2D eigenvalue weighted by Gasteiger charge is -2.47. The second-order valence-corrected chi connectivity index (χ2v) is 19.1. The van der Waals surface area contributed by atoms with Crippen LogP contribution in [0.1, 0.15) is 86.1 Å². The molecule has 2 fully saturated rings. The fraction of sp³-hybridized carbons (Fsp3) is 0.653. The standard InChI is InChI=1S/C49H75N7O9/c1-11-41-49(7,61)44(55(30-57)22-15-16-23-56-29-39(52-53-56)36-20-17-21-37(50)26-36)34(5)51-28-31(2)27-48(6,62-10)45(65-47-43(59)40(54(8)9)24-32(3)63-47)33(4)42(58)38(46(60)64-41)25-35-18-13-12-14-19-35/h12-14,17-21,26,29-34,38,40-41,43-45,47,51,59,61H,11,15-16,22-25,27-28,50H2,1-10H3/t31-,32-,33+,34-,38-,40?,41-,43?,44-,45-,47+,48-,49-/m1/s1. The molecule has 2 aliphatic heterocycles. The highest BCUT2D eigenvalue weighted by molar-refractivity contribution is 6.00. The Kier molecular flexibility index (Phi) is 18.2. The number of nitrogen functional groups attached to an aromatic ring is 1. The number of carbonyl (C=O) groups is 3. The molecule has 360 valence electrons. The number of aryl methyl sites for hydroxylation is 1. The number of Topliss-reactive ketones (excluding diaryl/α,β-unsaturated/α-hetero) is 1. The van der Waals surface area contributed by atoms with Gasteiger partial charge in [0.25, 0.3) is 0 Å². The number of hydrogen-bond acceptors (Lipinski definition) is 14. The highest BCUT2D eigenvalue weighted by Crippen LogP contribution is 2.37. The molecule has 0 spiro atoms. The van der Waals surface area contributed by atoms with E-state index in [0.717, 1.165) is 17.5 Å². The first kappa shape index (κ1) is 51.7. The van der Waals surface area contributed by atoms with Crippen molar-refractivity contribution in [2.45, 2.75) is 154 Å². The van der Waals surface area contributed by atoms with Crippen LogP contribution in [0.15, 0.2) is 60.8 Å². The maximum absolute atomic E-state index is 15.1. The Labute approximate surface area is 385 Å². The second kappa shape index (κ2) is 22.9. The van der Waals surface area contributed by atoms with E-state index < -0.39 is 71.5 Å². The van der Waals surface area contributed by atoms with Gasteiger partial charge in [-0.2, -0.15) is 0 Å². The zero-order valence-corrected chi connectivity index (χ0v) is 40.1. The van der Waals surface area contributed by atoms with Gasteiger partial charge in [0.1, 0.15) is 29.4 Å². The van der Waals surface area contributed by atoms with Crippen LogP contribution in [0.25, 0.3) is 11.3 Å². The highest BCUT2D eigenvalue weighted by Gasteiger charge is 2.51. The van der Waals surface area contributed by atoms with Crippen LogP contribution in [-0.2, 0) is 46.3 Å². The third-order valence-electron chi connectivity index (χ3n) is 13.6. The Balaban J connectivity index is 1.47. The Bertz CT molecular complexity index is 1980. The molecule has 0 bridgehead atoms. The van der Waals surface area contributed by atoms with Crippen LogP contribution >= 0.6 is 0 Å². The molecule has 13 atom stereocenters. The fourth-order valence-corrected chi connectivity index (χ4v) is 10.0. The Morgan fingerprint density at radius 2 is 1.78 bits per heavy atom. The van der Waals surface area contributed by atoms with E-state index in [1.807, 2.05) is 101 Å². The number of aromatic nitrogens is 3. The lowest BCUT2D eigenvalue weighted by molar-refractivity contribution is -0.295. The summed E-state index contributed by atoms with van der Waals surface area (Å²) >= 11 is 0. The number of nitrogens with two attached hydrogens (primary N) is 1. The van der Waals surface area contributed by atoms with Gasteiger partial charge in [0, 0.05) is 49.5 Å². The number of amides is 1. The zero-order valence-electron chi connectivity index (χ0n) is 40.1. The molecule has 2 aliphatic rings. The smallest absolute Gasteiger partial charge is 0.317 e. The zero-order chi connectivity index (χ0) is 47.6. The first-order valence-corrected chi connectivity index (χ1v) is 23.2. The number of methoxy groups -OCH3 is 1. The minimum atomic E-state index is -1.77. The number of benzene rings is 2. The minimum absolute atomic E-state index is 0.0328. The molecule has 0 saturated carbocycles. The summed E-state index contributed by atoms with van der Waals surface area (Å²) in [5.74, 6) is -3.57. The van der Waals surface area contributed by atoms with Crippen LogP contribution in [0.5, 0.6) is 0 Å². The normalized spacial score (nSPS) is 33.2. The molecule has 16 nitrogen and oxygen atoms in total. The molecule has 2 unspecified atom stereocenters. The number of cyclic esters (lactones) is 1. The molecule has 3 aromatic rings. The van der Waals surface area contributed by atoms with E-state index in [1.54, 1.807) is 37.5 Å². The summed E-state index contributed by atoms with van der Waals surface area (Å²) in [7, 11) is 5.37. The molecule has 0 aliphatic carbocycles. The molecule has 16 heteroatoms. The van der Waals surface area contributed by atoms with Gasteiger partial charge in [-0.05, 0) is 110 Å². The molecular weight excluding hydrogens is 831 g/mol. The number of ketones is 1. The summed E-state index contributed by atoms with van der Waals surface area (Å²) in [4.78, 5) is 46.5. The van der Waals surface area contributed by atoms with Gasteiger partial charge in [-0.15, -0.1) is 5.10 Å². The van der Waals surface area contributed by atoms with Crippen molar-refractivity contribution in [1.82, 2.24) is 30.1 Å². The average molecular weight is 906 g/mol. The number of esters is 1. The van der Waals surface area contributed by atoms with Gasteiger partial charge in [-0.25, -0.2) is 0 Å². The van der Waals surface area contributed by atoms with Gasteiger partial charge in [-0.1, -0.05) is 68.4 Å². The third-order valence-corrected chi connectivity index (χ3v) is 13.6. The average Bonchev–Trinajstić information content (AvgIpc) is 3.76. The fourth-order valence-electron chi connectivity index (χ4n) is 10.0. The highest BCUT2D eigenvalue weighted by atomic mass is 16.7. The maximum atomic E-state index is 15.1. The molecule has 2 saturated heterocycles. The van der Waals surface area contributed by atoms with E-state index in [-0.39, 0.29) is 30.9 Å². The number of aliphatic hydroxyl groups excluding tert-OH is 1. The van der Waals surface area contributed by atoms with Crippen molar-refractivity contribution in [2.75, 3.05) is 40.0 Å². The summed E-state index contributed by atoms with van der Waals surface area (Å²) in [5, 5.41) is 36.5. The van der Waals surface area contributed by atoms with E-state index in [9.17, 15) is 19.8 Å². The first-order valence-electron chi connectivity index (χ1n) is 23.2. The van der Waals surface area contributed by atoms with Crippen molar-refractivity contribution >= 4 is 23.9 Å². The number of aliphatic hydroxyl groups is 2. The minimum Gasteiger partial charge on any atom is -0.459 e. The number of anilines is 1. The van der Waals surface area contributed by atoms with Crippen molar-refractivity contribution in [3.63, 3.8) is 0 Å². The van der Waals surface area contributed by atoms with Crippen LogP contribution in [0, 0.1) is 17.8 Å². The van der Waals surface area contributed by atoms with Crippen molar-refractivity contribution in [3.05, 3.63) is 66.4 Å². The predicted octanol–water partition coefficient (Wildman–Crippen LogP) is 4.51. The monoisotopic (exact) mass is 906 g/mol. The van der Waals surface area contributed by atoms with Crippen LogP contribution in [0.3, 0.4) is 0 Å². The summed E-state index contributed by atoms with van der Waals surface area (Å²) in [6.45, 7) is 14.2. The Morgan fingerprint density at radius 3 is 2.43 bits per heavy atom. The number of nitrogens with zero attached hydrogens (tertiary/aromatic N) is 5. The SMILES string of the molecule is CC[C@H]1OC(=O)[C@H](Cc2ccccc2)C(=O)[C@H](C)[C@@H](O[C@@H]2O[C@H](C)CC(N(C)C)C2O)[C@](C)(OC)C[C@@H](C)CN[C@H](C)[C@@H](N(C=O)CCCCn2cc(-c3cccc(N)c3)nn2)[C@]1(C)O.